The minimum atomic E-state index is 0.0557. The van der Waals surface area contributed by atoms with Gasteiger partial charge in [-0.2, -0.15) is 0 Å². The number of rotatable bonds is 3. The number of thiazole rings is 1. The maximum Gasteiger partial charge on any atom is 0.257 e. The van der Waals surface area contributed by atoms with Crippen LogP contribution in [0.3, 0.4) is 0 Å². The molecule has 3 aromatic rings. The van der Waals surface area contributed by atoms with Crippen molar-refractivity contribution in [3.8, 4) is 5.75 Å². The van der Waals surface area contributed by atoms with Crippen LogP contribution in [0, 0.1) is 0 Å². The fourth-order valence-corrected chi connectivity index (χ4v) is 4.52. The molecular formula is C20H20N2O2S. The maximum absolute atomic E-state index is 12.8. The molecule has 2 aromatic carbocycles. The van der Waals surface area contributed by atoms with E-state index in [1.54, 1.807) is 18.4 Å². The summed E-state index contributed by atoms with van der Waals surface area (Å²) in [5.74, 6) is 1.14. The minimum absolute atomic E-state index is 0.0557. The van der Waals surface area contributed by atoms with Crippen molar-refractivity contribution in [1.29, 1.82) is 0 Å². The molecule has 4 nitrogen and oxygen atoms in total. The Balaban J connectivity index is 1.46. The van der Waals surface area contributed by atoms with Crippen LogP contribution in [0.15, 0.2) is 48.5 Å². The van der Waals surface area contributed by atoms with E-state index in [0.717, 1.165) is 31.4 Å². The molecule has 0 saturated carbocycles. The first kappa shape index (κ1) is 16.1. The molecule has 0 N–H and O–H groups in total. The number of hydrogen-bond donors (Lipinski definition) is 0. The van der Waals surface area contributed by atoms with Crippen LogP contribution < -0.4 is 4.74 Å². The van der Waals surface area contributed by atoms with E-state index in [1.165, 1.54) is 9.71 Å². The van der Waals surface area contributed by atoms with Crippen molar-refractivity contribution in [3.63, 3.8) is 0 Å². The monoisotopic (exact) mass is 352 g/mol. The quantitative estimate of drug-likeness (QED) is 0.705. The Morgan fingerprint density at radius 2 is 1.84 bits per heavy atom. The molecule has 0 radical (unpaired) electrons. The Morgan fingerprint density at radius 1 is 1.12 bits per heavy atom. The van der Waals surface area contributed by atoms with Gasteiger partial charge in [-0.25, -0.2) is 4.98 Å². The van der Waals surface area contributed by atoms with E-state index in [1.807, 2.05) is 35.2 Å². The highest BCUT2D eigenvalue weighted by Gasteiger charge is 2.27. The molecule has 1 saturated heterocycles. The zero-order valence-corrected chi connectivity index (χ0v) is 15.0. The second kappa shape index (κ2) is 6.84. The number of benzene rings is 2. The predicted octanol–water partition coefficient (Wildman–Crippen LogP) is 4.32. The van der Waals surface area contributed by atoms with E-state index < -0.39 is 0 Å². The number of carbonyl (C=O) groups is 1. The Morgan fingerprint density at radius 3 is 2.60 bits per heavy atom. The van der Waals surface area contributed by atoms with E-state index in [-0.39, 0.29) is 5.91 Å². The summed E-state index contributed by atoms with van der Waals surface area (Å²) in [6.07, 6.45) is 1.92. The first-order chi connectivity index (χ1) is 12.3. The smallest absolute Gasteiger partial charge is 0.257 e. The number of carbonyl (C=O) groups excluding carboxylic acids is 1. The molecule has 25 heavy (non-hydrogen) atoms. The van der Waals surface area contributed by atoms with E-state index in [9.17, 15) is 4.79 Å². The van der Waals surface area contributed by atoms with Gasteiger partial charge < -0.3 is 9.64 Å². The fourth-order valence-electron chi connectivity index (χ4n) is 3.39. The van der Waals surface area contributed by atoms with E-state index in [4.69, 9.17) is 9.72 Å². The van der Waals surface area contributed by atoms with Gasteiger partial charge in [0.05, 0.1) is 27.9 Å². The second-order valence-electron chi connectivity index (χ2n) is 6.29. The van der Waals surface area contributed by atoms with Crippen molar-refractivity contribution in [1.82, 2.24) is 9.88 Å². The SMILES string of the molecule is COc1ccccc1C(=O)N1CCC(c2nc3ccccc3s2)CC1. The van der Waals surface area contributed by atoms with Crippen LogP contribution in [-0.2, 0) is 0 Å². The molecule has 1 aliphatic heterocycles. The van der Waals surface area contributed by atoms with Gasteiger partial charge >= 0.3 is 0 Å². The lowest BCUT2D eigenvalue weighted by Gasteiger charge is -2.31. The average Bonchev–Trinajstić information content (AvgIpc) is 3.12. The standard InChI is InChI=1S/C20H20N2O2S/c1-24-17-8-4-2-6-15(17)20(23)22-12-10-14(11-13-22)19-21-16-7-3-5-9-18(16)25-19/h2-9,14H,10-13H2,1H3. The summed E-state index contributed by atoms with van der Waals surface area (Å²) in [4.78, 5) is 19.5. The van der Waals surface area contributed by atoms with Gasteiger partial charge in [-0.3, -0.25) is 4.79 Å². The zero-order valence-electron chi connectivity index (χ0n) is 14.1. The fraction of sp³-hybridized carbons (Fsp3) is 0.300. The minimum Gasteiger partial charge on any atom is -0.496 e. The molecule has 0 unspecified atom stereocenters. The summed E-state index contributed by atoms with van der Waals surface area (Å²) in [5, 5.41) is 1.20. The Kier molecular flexibility index (Phi) is 4.40. The van der Waals surface area contributed by atoms with Gasteiger partial charge in [0.2, 0.25) is 0 Å². The van der Waals surface area contributed by atoms with Gasteiger partial charge in [0.25, 0.3) is 5.91 Å². The van der Waals surface area contributed by atoms with Crippen molar-refractivity contribution in [2.45, 2.75) is 18.8 Å². The number of aromatic nitrogens is 1. The molecule has 1 aliphatic rings. The van der Waals surface area contributed by atoms with Gasteiger partial charge in [0.15, 0.2) is 0 Å². The summed E-state index contributed by atoms with van der Waals surface area (Å²) in [6, 6.07) is 15.7. The molecule has 1 aromatic heterocycles. The van der Waals surface area contributed by atoms with E-state index >= 15 is 0 Å². The van der Waals surface area contributed by atoms with Crippen molar-refractivity contribution in [2.75, 3.05) is 20.2 Å². The number of amides is 1. The number of ether oxygens (including phenoxy) is 1. The van der Waals surface area contributed by atoms with Crippen LogP contribution in [0.5, 0.6) is 5.75 Å². The number of fused-ring (bicyclic) bond motifs is 1. The lowest BCUT2D eigenvalue weighted by molar-refractivity contribution is 0.0709. The van der Waals surface area contributed by atoms with Gasteiger partial charge in [0, 0.05) is 19.0 Å². The topological polar surface area (TPSA) is 42.4 Å². The molecule has 0 atom stereocenters. The molecule has 128 valence electrons. The molecule has 1 fully saturated rings. The number of hydrogen-bond acceptors (Lipinski definition) is 4. The highest BCUT2D eigenvalue weighted by Crippen LogP contribution is 2.34. The highest BCUT2D eigenvalue weighted by molar-refractivity contribution is 7.18. The van der Waals surface area contributed by atoms with Gasteiger partial charge in [-0.1, -0.05) is 24.3 Å². The molecule has 0 bridgehead atoms. The highest BCUT2D eigenvalue weighted by atomic mass is 32.1. The summed E-state index contributed by atoms with van der Waals surface area (Å²) >= 11 is 1.78. The van der Waals surface area contributed by atoms with Crippen LogP contribution in [-0.4, -0.2) is 36.0 Å². The number of piperidine rings is 1. The van der Waals surface area contributed by atoms with Crippen LogP contribution in [0.2, 0.25) is 0 Å². The summed E-state index contributed by atoms with van der Waals surface area (Å²) in [7, 11) is 1.60. The third-order valence-corrected chi connectivity index (χ3v) is 5.98. The maximum atomic E-state index is 12.8. The van der Waals surface area contributed by atoms with Gasteiger partial charge in [-0.15, -0.1) is 11.3 Å². The average molecular weight is 352 g/mol. The Bertz CT molecular complexity index is 864. The zero-order chi connectivity index (χ0) is 17.2. The lowest BCUT2D eigenvalue weighted by Crippen LogP contribution is -2.38. The summed E-state index contributed by atoms with van der Waals surface area (Å²) < 4.78 is 6.57. The van der Waals surface area contributed by atoms with E-state index in [0.29, 0.717) is 17.2 Å². The molecular weight excluding hydrogens is 332 g/mol. The lowest BCUT2D eigenvalue weighted by atomic mass is 9.97. The Hall–Kier alpha value is -2.40. The van der Waals surface area contributed by atoms with Crippen molar-refractivity contribution in [2.24, 2.45) is 0 Å². The third-order valence-electron chi connectivity index (χ3n) is 4.78. The molecule has 1 amide bonds. The normalized spacial score (nSPS) is 15.5. The number of methoxy groups -OCH3 is 1. The molecule has 0 aliphatic carbocycles. The van der Waals surface area contributed by atoms with Crippen LogP contribution in [0.1, 0.15) is 34.1 Å². The first-order valence-corrected chi connectivity index (χ1v) is 9.35. The second-order valence-corrected chi connectivity index (χ2v) is 7.35. The molecule has 0 spiro atoms. The summed E-state index contributed by atoms with van der Waals surface area (Å²) in [5.41, 5.74) is 1.72. The van der Waals surface area contributed by atoms with Gasteiger partial charge in [0.1, 0.15) is 5.75 Å². The molecule has 4 rings (SSSR count). The van der Waals surface area contributed by atoms with Crippen molar-refractivity contribution in [3.05, 3.63) is 59.1 Å². The van der Waals surface area contributed by atoms with E-state index in [2.05, 4.69) is 18.2 Å². The van der Waals surface area contributed by atoms with Crippen molar-refractivity contribution < 1.29 is 9.53 Å². The predicted molar refractivity (Wildman–Crippen MR) is 100 cm³/mol. The molecule has 2 heterocycles. The number of para-hydroxylation sites is 2. The summed E-state index contributed by atoms with van der Waals surface area (Å²) in [6.45, 7) is 1.52. The number of likely N-dealkylation sites (tertiary alicyclic amines) is 1. The molecule has 5 heteroatoms. The Labute approximate surface area is 151 Å². The van der Waals surface area contributed by atoms with Crippen LogP contribution in [0.25, 0.3) is 10.2 Å². The third kappa shape index (κ3) is 3.12. The van der Waals surface area contributed by atoms with Crippen LogP contribution >= 0.6 is 11.3 Å². The van der Waals surface area contributed by atoms with Gasteiger partial charge in [-0.05, 0) is 37.1 Å². The number of nitrogens with zero attached hydrogens (tertiary/aromatic N) is 2. The first-order valence-electron chi connectivity index (χ1n) is 8.54. The largest absolute Gasteiger partial charge is 0.496 e. The van der Waals surface area contributed by atoms with Crippen LogP contribution in [0.4, 0.5) is 0 Å². The van der Waals surface area contributed by atoms with Crippen molar-refractivity contribution >= 4 is 27.5 Å².